The summed E-state index contributed by atoms with van der Waals surface area (Å²) in [4.78, 5) is 29.8. The number of hydrogen-bond acceptors (Lipinski definition) is 4. The number of rotatable bonds is 13. The lowest BCUT2D eigenvalue weighted by atomic mass is 10.0. The zero-order chi connectivity index (χ0) is 31.7. The van der Waals surface area contributed by atoms with Crippen molar-refractivity contribution in [3.8, 4) is 0 Å². The molecule has 0 aliphatic carbocycles. The summed E-state index contributed by atoms with van der Waals surface area (Å²) in [5, 5.41) is 3.00. The van der Waals surface area contributed by atoms with Crippen molar-refractivity contribution in [2.45, 2.75) is 37.8 Å². The van der Waals surface area contributed by atoms with E-state index in [4.69, 9.17) is 0 Å². The number of amides is 2. The van der Waals surface area contributed by atoms with E-state index in [-0.39, 0.29) is 29.7 Å². The number of hydrogen-bond donors (Lipinski definition) is 1. The molecule has 10 heteroatoms. The number of anilines is 1. The predicted molar refractivity (Wildman–Crippen MR) is 182 cm³/mol. The van der Waals surface area contributed by atoms with E-state index in [9.17, 15) is 18.0 Å². The molecule has 4 aromatic rings. The van der Waals surface area contributed by atoms with Crippen molar-refractivity contribution in [1.82, 2.24) is 10.2 Å². The molecule has 1 N–H and O–H groups in total. The van der Waals surface area contributed by atoms with E-state index in [1.54, 1.807) is 42.5 Å². The molecule has 1 atom stereocenters. The fourth-order valence-corrected chi connectivity index (χ4v) is 6.81. The van der Waals surface area contributed by atoms with Crippen molar-refractivity contribution in [3.63, 3.8) is 0 Å². The van der Waals surface area contributed by atoms with Crippen LogP contribution in [0.5, 0.6) is 0 Å². The van der Waals surface area contributed by atoms with Gasteiger partial charge >= 0.3 is 0 Å². The Labute approximate surface area is 276 Å². The third-order valence-corrected chi connectivity index (χ3v) is 9.73. The summed E-state index contributed by atoms with van der Waals surface area (Å²) < 4.78 is 30.7. The molecule has 2 amide bonds. The fourth-order valence-electron chi connectivity index (χ4n) is 4.66. The Balaban J connectivity index is 1.79. The minimum absolute atomic E-state index is 0.0600. The molecule has 0 aliphatic rings. The second-order valence-corrected chi connectivity index (χ2v) is 14.5. The molecule has 0 radical (unpaired) electrons. The lowest BCUT2D eigenvalue weighted by Crippen LogP contribution is -2.53. The van der Waals surface area contributed by atoms with Crippen LogP contribution < -0.4 is 9.62 Å². The summed E-state index contributed by atoms with van der Waals surface area (Å²) in [5.41, 5.74) is 2.01. The van der Waals surface area contributed by atoms with Crippen LogP contribution in [0.15, 0.2) is 123 Å². The number of nitrogens with one attached hydrogen (secondary N) is 1. The van der Waals surface area contributed by atoms with Crippen LogP contribution >= 0.6 is 31.9 Å². The average Bonchev–Trinajstić information content (AvgIpc) is 3.01. The van der Waals surface area contributed by atoms with Gasteiger partial charge in [0.2, 0.25) is 11.8 Å². The Morgan fingerprint density at radius 3 is 2.00 bits per heavy atom. The molecule has 44 heavy (non-hydrogen) atoms. The van der Waals surface area contributed by atoms with E-state index in [0.29, 0.717) is 12.2 Å². The monoisotopic (exact) mass is 739 g/mol. The molecule has 230 valence electrons. The minimum Gasteiger partial charge on any atom is -0.354 e. The molecule has 0 unspecified atom stereocenters. The van der Waals surface area contributed by atoms with Gasteiger partial charge in [-0.3, -0.25) is 13.9 Å². The second-order valence-electron chi connectivity index (χ2n) is 10.8. The largest absolute Gasteiger partial charge is 0.354 e. The number of carbonyl (C=O) groups is 2. The van der Waals surface area contributed by atoms with Crippen molar-refractivity contribution >= 4 is 59.4 Å². The number of nitrogens with zero attached hydrogens (tertiary/aromatic N) is 2. The highest BCUT2D eigenvalue weighted by Gasteiger charge is 2.34. The highest BCUT2D eigenvalue weighted by molar-refractivity contribution is 9.10. The Kier molecular flexibility index (Phi) is 11.8. The Morgan fingerprint density at radius 1 is 0.773 bits per heavy atom. The molecule has 0 saturated heterocycles. The molecule has 0 heterocycles. The van der Waals surface area contributed by atoms with Gasteiger partial charge in [0.05, 0.1) is 10.6 Å². The van der Waals surface area contributed by atoms with E-state index < -0.39 is 28.5 Å². The standard InChI is InChI=1S/C34H35Br2N3O4S/c1-25(2)22-37-34(41)32(21-26-10-5-3-6-11-26)38(23-27-12-9-13-29(36)20-27)33(40)24-39(30-18-16-28(35)17-19-30)44(42,43)31-14-7-4-8-15-31/h3-20,25,32H,21-24H2,1-2H3,(H,37,41)/t32-/m1/s1. The molecular formula is C34H35Br2N3O4S. The van der Waals surface area contributed by atoms with Crippen molar-refractivity contribution in [3.05, 3.63) is 129 Å². The smallest absolute Gasteiger partial charge is 0.264 e. The van der Waals surface area contributed by atoms with E-state index in [1.165, 1.54) is 17.0 Å². The average molecular weight is 742 g/mol. The maximum absolute atomic E-state index is 14.5. The van der Waals surface area contributed by atoms with E-state index in [2.05, 4.69) is 37.2 Å². The lowest BCUT2D eigenvalue weighted by molar-refractivity contribution is -0.140. The van der Waals surface area contributed by atoms with Gasteiger partial charge in [0.1, 0.15) is 12.6 Å². The number of sulfonamides is 1. The van der Waals surface area contributed by atoms with Gasteiger partial charge in [-0.2, -0.15) is 0 Å². The van der Waals surface area contributed by atoms with Crippen molar-refractivity contribution < 1.29 is 18.0 Å². The van der Waals surface area contributed by atoms with Crippen LogP contribution in [0.2, 0.25) is 0 Å². The number of carbonyl (C=O) groups excluding carboxylic acids is 2. The highest BCUT2D eigenvalue weighted by atomic mass is 79.9. The first-order valence-electron chi connectivity index (χ1n) is 14.2. The van der Waals surface area contributed by atoms with Crippen LogP contribution in [0.25, 0.3) is 0 Å². The third-order valence-electron chi connectivity index (χ3n) is 6.92. The van der Waals surface area contributed by atoms with Crippen LogP contribution in [-0.4, -0.2) is 44.3 Å². The van der Waals surface area contributed by atoms with Crippen LogP contribution in [0, 0.1) is 5.92 Å². The summed E-state index contributed by atoms with van der Waals surface area (Å²) in [5.74, 6) is -0.602. The molecule has 0 saturated carbocycles. The van der Waals surface area contributed by atoms with Gasteiger partial charge in [0.15, 0.2) is 0 Å². The Morgan fingerprint density at radius 2 is 1.39 bits per heavy atom. The minimum atomic E-state index is -4.14. The van der Waals surface area contributed by atoms with Gasteiger partial charge in [-0.1, -0.05) is 106 Å². The summed E-state index contributed by atoms with van der Waals surface area (Å²) in [6, 6.07) is 30.9. The molecule has 0 aliphatic heterocycles. The first-order chi connectivity index (χ1) is 21.0. The Bertz CT molecular complexity index is 1650. The number of benzene rings is 4. The Hall–Kier alpha value is -3.47. The molecule has 7 nitrogen and oxygen atoms in total. The fraction of sp³-hybridized carbons (Fsp3) is 0.235. The normalized spacial score (nSPS) is 12.0. The van der Waals surface area contributed by atoms with Gasteiger partial charge in [0, 0.05) is 28.5 Å². The van der Waals surface area contributed by atoms with Gasteiger partial charge in [0.25, 0.3) is 10.0 Å². The summed E-state index contributed by atoms with van der Waals surface area (Å²) in [6.07, 6.45) is 0.258. The SMILES string of the molecule is CC(C)CNC(=O)[C@@H](Cc1ccccc1)N(Cc1cccc(Br)c1)C(=O)CN(c1ccc(Br)cc1)S(=O)(=O)c1ccccc1. The molecular weight excluding hydrogens is 706 g/mol. The maximum atomic E-state index is 14.5. The van der Waals surface area contributed by atoms with Crippen molar-refractivity contribution in [2.24, 2.45) is 5.92 Å². The zero-order valence-corrected chi connectivity index (χ0v) is 28.6. The highest BCUT2D eigenvalue weighted by Crippen LogP contribution is 2.26. The zero-order valence-electron chi connectivity index (χ0n) is 24.6. The lowest BCUT2D eigenvalue weighted by Gasteiger charge is -2.34. The van der Waals surface area contributed by atoms with Crippen molar-refractivity contribution in [1.29, 1.82) is 0 Å². The van der Waals surface area contributed by atoms with Crippen LogP contribution in [0.1, 0.15) is 25.0 Å². The van der Waals surface area contributed by atoms with Crippen LogP contribution in [0.3, 0.4) is 0 Å². The van der Waals surface area contributed by atoms with E-state index >= 15 is 0 Å². The maximum Gasteiger partial charge on any atom is 0.264 e. The summed E-state index contributed by atoms with van der Waals surface area (Å²) in [7, 11) is -4.14. The second kappa shape index (κ2) is 15.5. The molecule has 4 rings (SSSR count). The molecule has 0 bridgehead atoms. The first kappa shape index (κ1) is 33.4. The topological polar surface area (TPSA) is 86.8 Å². The molecule has 0 spiro atoms. The van der Waals surface area contributed by atoms with Gasteiger partial charge in [-0.15, -0.1) is 0 Å². The van der Waals surface area contributed by atoms with Crippen molar-refractivity contribution in [2.75, 3.05) is 17.4 Å². The quantitative estimate of drug-likeness (QED) is 0.163. The summed E-state index contributed by atoms with van der Waals surface area (Å²) in [6.45, 7) is 4.04. The molecule has 4 aromatic carbocycles. The molecule has 0 aromatic heterocycles. The summed E-state index contributed by atoms with van der Waals surface area (Å²) >= 11 is 6.91. The van der Waals surface area contributed by atoms with E-state index in [0.717, 1.165) is 24.4 Å². The molecule has 0 fully saturated rings. The van der Waals surface area contributed by atoms with Gasteiger partial charge in [-0.25, -0.2) is 8.42 Å². The number of halogens is 2. The van der Waals surface area contributed by atoms with Crippen LogP contribution in [0.4, 0.5) is 5.69 Å². The van der Waals surface area contributed by atoms with Crippen LogP contribution in [-0.2, 0) is 32.6 Å². The van der Waals surface area contributed by atoms with Gasteiger partial charge < -0.3 is 10.2 Å². The van der Waals surface area contributed by atoms with Gasteiger partial charge in [-0.05, 0) is 65.6 Å². The third kappa shape index (κ3) is 9.03. The first-order valence-corrected chi connectivity index (χ1v) is 17.3. The predicted octanol–water partition coefficient (Wildman–Crippen LogP) is 6.82. The van der Waals surface area contributed by atoms with E-state index in [1.807, 2.05) is 68.4 Å².